The van der Waals surface area contributed by atoms with Crippen LogP contribution in [0.1, 0.15) is 49.0 Å². The average molecular weight is 360 g/mol. The monoisotopic (exact) mass is 360 g/mol. The van der Waals surface area contributed by atoms with Crippen LogP contribution < -0.4 is 4.74 Å². The first kappa shape index (κ1) is 17.5. The minimum Gasteiger partial charge on any atom is -0.485 e. The molecule has 3 atom stereocenters. The van der Waals surface area contributed by atoms with E-state index in [2.05, 4.69) is 0 Å². The number of hydrogen-bond donors (Lipinski definition) is 1. The number of carbonyl (C=O) groups is 1. The van der Waals surface area contributed by atoms with Crippen molar-refractivity contribution in [3.8, 4) is 5.75 Å². The molecule has 1 aromatic carbocycles. The highest BCUT2D eigenvalue weighted by Crippen LogP contribution is 2.56. The number of benzene rings is 1. The van der Waals surface area contributed by atoms with Crippen LogP contribution >= 0.6 is 11.8 Å². The number of hydrogen-bond acceptors (Lipinski definition) is 3. The summed E-state index contributed by atoms with van der Waals surface area (Å²) in [5.41, 5.74) is -1.79. The van der Waals surface area contributed by atoms with Crippen molar-refractivity contribution in [2.75, 3.05) is 0 Å². The molecule has 132 valence electrons. The third-order valence-corrected chi connectivity index (χ3v) is 6.76. The van der Waals surface area contributed by atoms with Crippen molar-refractivity contribution in [1.82, 2.24) is 0 Å². The smallest absolute Gasteiger partial charge is 0.419 e. The molecule has 0 radical (unpaired) electrons. The molecule has 7 heteroatoms. The summed E-state index contributed by atoms with van der Waals surface area (Å²) >= 11 is 1.79. The van der Waals surface area contributed by atoms with Gasteiger partial charge in [0.2, 0.25) is 0 Å². The fraction of sp³-hybridized carbons (Fsp3) is 0.588. The maximum Gasteiger partial charge on any atom is 0.419 e. The number of halogens is 3. The summed E-state index contributed by atoms with van der Waals surface area (Å²) in [6, 6.07) is 2.77. The molecule has 2 aliphatic rings. The third kappa shape index (κ3) is 2.87. The van der Waals surface area contributed by atoms with Crippen molar-refractivity contribution < 1.29 is 27.8 Å². The molecule has 0 aromatic heterocycles. The first-order valence-corrected chi connectivity index (χ1v) is 8.87. The molecule has 3 rings (SSSR count). The summed E-state index contributed by atoms with van der Waals surface area (Å²) in [5, 5.41) is 9.66. The summed E-state index contributed by atoms with van der Waals surface area (Å²) in [7, 11) is 0. The molecule has 3 nitrogen and oxygen atoms in total. The van der Waals surface area contributed by atoms with Crippen LogP contribution in [0.15, 0.2) is 18.2 Å². The molecule has 2 heterocycles. The molecule has 24 heavy (non-hydrogen) atoms. The summed E-state index contributed by atoms with van der Waals surface area (Å²) in [4.78, 5) is 11.2. The maximum absolute atomic E-state index is 13.3. The van der Waals surface area contributed by atoms with Crippen molar-refractivity contribution in [2.24, 2.45) is 5.92 Å². The number of ether oxygens (including phenoxy) is 1. The molecular weight excluding hydrogens is 341 g/mol. The quantitative estimate of drug-likeness (QED) is 0.834. The zero-order valence-corrected chi connectivity index (χ0v) is 14.2. The van der Waals surface area contributed by atoms with Gasteiger partial charge in [0.15, 0.2) is 0 Å². The Morgan fingerprint density at radius 1 is 1.38 bits per heavy atom. The van der Waals surface area contributed by atoms with Crippen LogP contribution in [0.4, 0.5) is 13.2 Å². The van der Waals surface area contributed by atoms with Gasteiger partial charge in [-0.15, -0.1) is 0 Å². The molecule has 0 aliphatic carbocycles. The predicted molar refractivity (Wildman–Crippen MR) is 85.6 cm³/mol. The van der Waals surface area contributed by atoms with E-state index in [1.54, 1.807) is 11.8 Å². The second-order valence-corrected chi connectivity index (χ2v) is 8.26. The molecule has 0 spiro atoms. The van der Waals surface area contributed by atoms with Gasteiger partial charge in [0, 0.05) is 16.9 Å². The molecule has 2 saturated heterocycles. The van der Waals surface area contributed by atoms with Crippen LogP contribution in [0, 0.1) is 5.92 Å². The Morgan fingerprint density at radius 3 is 2.54 bits per heavy atom. The van der Waals surface area contributed by atoms with E-state index in [4.69, 9.17) is 9.84 Å². The summed E-state index contributed by atoms with van der Waals surface area (Å²) < 4.78 is 46.0. The van der Waals surface area contributed by atoms with Gasteiger partial charge in [0.25, 0.3) is 0 Å². The lowest BCUT2D eigenvalue weighted by Gasteiger charge is -2.41. The lowest BCUT2D eigenvalue weighted by molar-refractivity contribution is -0.140. The highest BCUT2D eigenvalue weighted by molar-refractivity contribution is 8.01. The van der Waals surface area contributed by atoms with Gasteiger partial charge in [0.05, 0.1) is 11.1 Å². The van der Waals surface area contributed by atoms with E-state index in [0.29, 0.717) is 11.7 Å². The molecule has 1 N–H and O–H groups in total. The van der Waals surface area contributed by atoms with Crippen LogP contribution in [0.25, 0.3) is 0 Å². The van der Waals surface area contributed by atoms with Crippen LogP contribution in [0.3, 0.4) is 0 Å². The molecule has 0 amide bonds. The van der Waals surface area contributed by atoms with Gasteiger partial charge >= 0.3 is 12.1 Å². The Kier molecular flexibility index (Phi) is 4.26. The van der Waals surface area contributed by atoms with Crippen molar-refractivity contribution in [1.29, 1.82) is 0 Å². The minimum absolute atomic E-state index is 0.0369. The zero-order chi connectivity index (χ0) is 17.7. The number of carboxylic acids is 1. The van der Waals surface area contributed by atoms with E-state index in [9.17, 15) is 18.0 Å². The maximum atomic E-state index is 13.3. The van der Waals surface area contributed by atoms with Gasteiger partial charge in [-0.05, 0) is 37.0 Å². The van der Waals surface area contributed by atoms with Gasteiger partial charge in [-0.1, -0.05) is 13.8 Å². The number of aromatic carboxylic acids is 1. The Labute approximate surface area is 142 Å². The Morgan fingerprint density at radius 2 is 2.08 bits per heavy atom. The van der Waals surface area contributed by atoms with E-state index in [-0.39, 0.29) is 22.5 Å². The number of alkyl halides is 3. The van der Waals surface area contributed by atoms with Gasteiger partial charge < -0.3 is 9.84 Å². The van der Waals surface area contributed by atoms with Crippen molar-refractivity contribution >= 4 is 17.7 Å². The molecule has 2 aliphatic heterocycles. The first-order chi connectivity index (χ1) is 11.1. The molecule has 2 bridgehead atoms. The Balaban J connectivity index is 2.04. The standard InChI is InChI=1S/C17H19F3O3S/c1-9(2)16(8-11-4-6-14(16)24-11)23-13-7-10(15(21)22)3-5-12(13)17(18,19)20/h3,5,7,9,11,14H,4,6,8H2,1-2H3,(H,21,22). The molecule has 1 aromatic rings. The molecule has 3 unspecified atom stereocenters. The van der Waals surface area contributed by atoms with Gasteiger partial charge in [0.1, 0.15) is 11.4 Å². The highest BCUT2D eigenvalue weighted by Gasteiger charge is 2.56. The Hall–Kier alpha value is -1.37. The summed E-state index contributed by atoms with van der Waals surface area (Å²) in [5.74, 6) is -1.60. The molecule has 2 fully saturated rings. The van der Waals surface area contributed by atoms with Crippen molar-refractivity contribution in [3.63, 3.8) is 0 Å². The van der Waals surface area contributed by atoms with E-state index in [0.717, 1.165) is 31.0 Å². The van der Waals surface area contributed by atoms with Gasteiger partial charge in [-0.25, -0.2) is 4.79 Å². The number of thioether (sulfide) groups is 1. The Bertz CT molecular complexity index is 659. The average Bonchev–Trinajstić information content (AvgIpc) is 3.07. The number of rotatable bonds is 4. The molecule has 0 saturated carbocycles. The largest absolute Gasteiger partial charge is 0.485 e. The normalized spacial score (nSPS) is 29.2. The lowest BCUT2D eigenvalue weighted by atomic mass is 9.77. The lowest BCUT2D eigenvalue weighted by Crippen LogP contribution is -2.49. The number of carboxylic acid groups (broad SMARTS) is 1. The minimum atomic E-state index is -4.59. The second kappa shape index (κ2) is 5.86. The SMILES string of the molecule is CC(C)C1(Oc2cc(C(=O)O)ccc2C(F)(F)F)CC2CCC1S2. The van der Waals surface area contributed by atoms with E-state index >= 15 is 0 Å². The van der Waals surface area contributed by atoms with Gasteiger partial charge in [-0.2, -0.15) is 24.9 Å². The van der Waals surface area contributed by atoms with Crippen LogP contribution in [-0.2, 0) is 6.18 Å². The number of fused-ring (bicyclic) bond motifs is 2. The van der Waals surface area contributed by atoms with E-state index < -0.39 is 23.3 Å². The molecular formula is C17H19F3O3S. The third-order valence-electron chi connectivity index (χ3n) is 5.01. The topological polar surface area (TPSA) is 46.5 Å². The van der Waals surface area contributed by atoms with Crippen LogP contribution in [0.2, 0.25) is 0 Å². The fourth-order valence-electron chi connectivity index (χ4n) is 3.71. The van der Waals surface area contributed by atoms with Crippen molar-refractivity contribution in [3.05, 3.63) is 29.3 Å². The first-order valence-electron chi connectivity index (χ1n) is 7.92. The fourth-order valence-corrected chi connectivity index (χ4v) is 5.73. The van der Waals surface area contributed by atoms with E-state index in [1.807, 2.05) is 13.8 Å². The predicted octanol–water partition coefficient (Wildman–Crippen LogP) is 4.85. The van der Waals surface area contributed by atoms with Gasteiger partial charge in [-0.3, -0.25) is 0 Å². The van der Waals surface area contributed by atoms with Crippen molar-refractivity contribution in [2.45, 2.75) is 55.4 Å². The zero-order valence-electron chi connectivity index (χ0n) is 13.4. The van der Waals surface area contributed by atoms with Crippen LogP contribution in [-0.4, -0.2) is 27.2 Å². The summed E-state index contributed by atoms with van der Waals surface area (Å²) in [6.07, 6.45) is -1.90. The van der Waals surface area contributed by atoms with Crippen LogP contribution in [0.5, 0.6) is 5.75 Å². The highest BCUT2D eigenvalue weighted by atomic mass is 32.2. The van der Waals surface area contributed by atoms with E-state index in [1.165, 1.54) is 0 Å². The second-order valence-electron chi connectivity index (χ2n) is 6.75. The summed E-state index contributed by atoms with van der Waals surface area (Å²) in [6.45, 7) is 3.91.